The van der Waals surface area contributed by atoms with Gasteiger partial charge in [0.05, 0.1) is 0 Å². The van der Waals surface area contributed by atoms with Crippen LogP contribution in [0.5, 0.6) is 0 Å². The molecule has 0 atom stereocenters. The molecule has 1 aromatic carbocycles. The molecule has 0 unspecified atom stereocenters. The van der Waals surface area contributed by atoms with Gasteiger partial charge in [0.2, 0.25) is 0 Å². The predicted octanol–water partition coefficient (Wildman–Crippen LogP) is 1.80. The van der Waals surface area contributed by atoms with Gasteiger partial charge in [0, 0.05) is 17.5 Å². The van der Waals surface area contributed by atoms with Gasteiger partial charge < -0.3 is 0 Å². The van der Waals surface area contributed by atoms with E-state index in [4.69, 9.17) is 6.42 Å². The van der Waals surface area contributed by atoms with E-state index in [-0.39, 0.29) is 5.78 Å². The fourth-order valence-corrected chi connectivity index (χ4v) is 1.63. The third-order valence-electron chi connectivity index (χ3n) is 2.21. The van der Waals surface area contributed by atoms with Gasteiger partial charge in [-0.05, 0) is 18.1 Å². The lowest BCUT2D eigenvalue weighted by atomic mass is 10.0. The number of terminal acetylenes is 1. The van der Waals surface area contributed by atoms with E-state index in [0.717, 1.165) is 23.1 Å². The first kappa shape index (κ1) is 7.12. The first-order chi connectivity index (χ1) is 5.83. The first-order valence-corrected chi connectivity index (χ1v) is 3.94. The Kier molecular flexibility index (Phi) is 1.48. The van der Waals surface area contributed by atoms with Gasteiger partial charge in [-0.15, -0.1) is 6.42 Å². The second kappa shape index (κ2) is 2.49. The van der Waals surface area contributed by atoms with E-state index in [0.29, 0.717) is 6.42 Å². The molecule has 12 heavy (non-hydrogen) atoms. The Labute approximate surface area is 71.4 Å². The first-order valence-electron chi connectivity index (χ1n) is 3.94. The van der Waals surface area contributed by atoms with E-state index < -0.39 is 0 Å². The third-order valence-corrected chi connectivity index (χ3v) is 2.21. The van der Waals surface area contributed by atoms with Crippen molar-refractivity contribution < 1.29 is 4.79 Å². The molecule has 1 aromatic rings. The molecular formula is C11H8O. The number of benzene rings is 1. The highest BCUT2D eigenvalue weighted by atomic mass is 16.1. The van der Waals surface area contributed by atoms with Crippen LogP contribution < -0.4 is 0 Å². The Morgan fingerprint density at radius 3 is 2.92 bits per heavy atom. The van der Waals surface area contributed by atoms with Crippen molar-refractivity contribution >= 4 is 5.78 Å². The number of ketones is 1. The average Bonchev–Trinajstić information content (AvgIpc) is 2.48. The zero-order valence-corrected chi connectivity index (χ0v) is 6.63. The van der Waals surface area contributed by atoms with Gasteiger partial charge in [0.15, 0.2) is 5.78 Å². The Bertz CT molecular complexity index is 382. The van der Waals surface area contributed by atoms with Crippen LogP contribution in [0, 0.1) is 12.3 Å². The van der Waals surface area contributed by atoms with Gasteiger partial charge >= 0.3 is 0 Å². The van der Waals surface area contributed by atoms with Crippen LogP contribution in [0.15, 0.2) is 18.2 Å². The summed E-state index contributed by atoms with van der Waals surface area (Å²) < 4.78 is 0. The molecule has 0 spiro atoms. The van der Waals surface area contributed by atoms with Gasteiger partial charge in [-0.2, -0.15) is 0 Å². The van der Waals surface area contributed by atoms with Crippen molar-refractivity contribution in [2.75, 3.05) is 0 Å². The number of carbonyl (C=O) groups is 1. The summed E-state index contributed by atoms with van der Waals surface area (Å²) in [5.41, 5.74) is 2.63. The predicted molar refractivity (Wildman–Crippen MR) is 47.0 cm³/mol. The fourth-order valence-electron chi connectivity index (χ4n) is 1.63. The smallest absolute Gasteiger partial charge is 0.164 e. The van der Waals surface area contributed by atoms with Gasteiger partial charge in [0.1, 0.15) is 0 Å². The summed E-state index contributed by atoms with van der Waals surface area (Å²) >= 11 is 0. The van der Waals surface area contributed by atoms with Gasteiger partial charge in [-0.1, -0.05) is 18.1 Å². The highest BCUT2D eigenvalue weighted by molar-refractivity contribution is 6.02. The molecule has 0 aliphatic heterocycles. The zero-order valence-electron chi connectivity index (χ0n) is 6.63. The molecule has 0 aromatic heterocycles. The van der Waals surface area contributed by atoms with Gasteiger partial charge in [-0.3, -0.25) is 4.79 Å². The monoisotopic (exact) mass is 156 g/mol. The molecule has 1 nitrogen and oxygen atoms in total. The minimum atomic E-state index is 0.193. The van der Waals surface area contributed by atoms with Crippen LogP contribution in [0.3, 0.4) is 0 Å². The Hall–Kier alpha value is -1.55. The van der Waals surface area contributed by atoms with E-state index in [2.05, 4.69) is 5.92 Å². The number of hydrogen-bond donors (Lipinski definition) is 0. The van der Waals surface area contributed by atoms with Crippen LogP contribution in [0.4, 0.5) is 0 Å². The number of hydrogen-bond acceptors (Lipinski definition) is 1. The molecule has 0 fully saturated rings. The largest absolute Gasteiger partial charge is 0.294 e. The minimum Gasteiger partial charge on any atom is -0.294 e. The summed E-state index contributed by atoms with van der Waals surface area (Å²) in [5.74, 6) is 2.73. The molecule has 0 heterocycles. The summed E-state index contributed by atoms with van der Waals surface area (Å²) in [6, 6.07) is 5.70. The molecule has 0 N–H and O–H groups in total. The van der Waals surface area contributed by atoms with E-state index >= 15 is 0 Å². The number of fused-ring (bicyclic) bond motifs is 1. The van der Waals surface area contributed by atoms with E-state index in [1.807, 2.05) is 18.2 Å². The van der Waals surface area contributed by atoms with Crippen molar-refractivity contribution in [2.45, 2.75) is 12.8 Å². The highest BCUT2D eigenvalue weighted by Gasteiger charge is 2.21. The molecule has 0 amide bonds. The number of rotatable bonds is 0. The van der Waals surface area contributed by atoms with Crippen LogP contribution in [-0.4, -0.2) is 5.78 Å². The summed E-state index contributed by atoms with van der Waals surface area (Å²) in [7, 11) is 0. The Morgan fingerprint density at radius 2 is 2.17 bits per heavy atom. The van der Waals surface area contributed by atoms with Crippen molar-refractivity contribution in [2.24, 2.45) is 0 Å². The molecule has 0 bridgehead atoms. The maximum absolute atomic E-state index is 11.3. The average molecular weight is 156 g/mol. The van der Waals surface area contributed by atoms with Crippen molar-refractivity contribution in [3.05, 3.63) is 34.9 Å². The maximum atomic E-state index is 11.3. The Balaban J connectivity index is 2.70. The summed E-state index contributed by atoms with van der Waals surface area (Å²) in [4.78, 5) is 11.3. The summed E-state index contributed by atoms with van der Waals surface area (Å²) in [6.45, 7) is 0. The summed E-state index contributed by atoms with van der Waals surface area (Å²) in [5, 5.41) is 0. The quantitative estimate of drug-likeness (QED) is 0.523. The van der Waals surface area contributed by atoms with Crippen LogP contribution in [0.25, 0.3) is 0 Å². The van der Waals surface area contributed by atoms with Crippen molar-refractivity contribution in [1.82, 2.24) is 0 Å². The van der Waals surface area contributed by atoms with Crippen molar-refractivity contribution in [3.63, 3.8) is 0 Å². The molecule has 2 rings (SSSR count). The SMILES string of the molecule is C#Cc1cccc2c1C(=O)CC2. The molecule has 0 saturated carbocycles. The lowest BCUT2D eigenvalue weighted by Gasteiger charge is -1.98. The van der Waals surface area contributed by atoms with E-state index in [9.17, 15) is 4.79 Å². The fraction of sp³-hybridized carbons (Fsp3) is 0.182. The van der Waals surface area contributed by atoms with Crippen LogP contribution in [0.1, 0.15) is 27.9 Å². The van der Waals surface area contributed by atoms with E-state index in [1.165, 1.54) is 0 Å². The van der Waals surface area contributed by atoms with Gasteiger partial charge in [0.25, 0.3) is 0 Å². The standard InChI is InChI=1S/C11H8O/c1-2-8-4-3-5-9-6-7-10(12)11(8)9/h1,3-5H,6-7H2. The lowest BCUT2D eigenvalue weighted by Crippen LogP contribution is -1.95. The Morgan fingerprint density at radius 1 is 1.33 bits per heavy atom. The molecule has 0 radical (unpaired) electrons. The third kappa shape index (κ3) is 0.853. The zero-order chi connectivity index (χ0) is 8.55. The molecule has 1 heteroatoms. The summed E-state index contributed by atoms with van der Waals surface area (Å²) in [6.07, 6.45) is 6.75. The van der Waals surface area contributed by atoms with Gasteiger partial charge in [-0.25, -0.2) is 0 Å². The van der Waals surface area contributed by atoms with E-state index in [1.54, 1.807) is 0 Å². The second-order valence-electron chi connectivity index (χ2n) is 2.91. The molecule has 1 aliphatic carbocycles. The molecule has 0 saturated heterocycles. The molecule has 1 aliphatic rings. The maximum Gasteiger partial charge on any atom is 0.164 e. The molecule has 58 valence electrons. The number of carbonyl (C=O) groups excluding carboxylic acids is 1. The molecular weight excluding hydrogens is 148 g/mol. The topological polar surface area (TPSA) is 17.1 Å². The number of Topliss-reactive ketones (excluding diaryl/α,β-unsaturated/α-hetero) is 1. The van der Waals surface area contributed by atoms with Crippen molar-refractivity contribution in [1.29, 1.82) is 0 Å². The van der Waals surface area contributed by atoms with Crippen LogP contribution in [-0.2, 0) is 6.42 Å². The van der Waals surface area contributed by atoms with Crippen LogP contribution in [0.2, 0.25) is 0 Å². The second-order valence-corrected chi connectivity index (χ2v) is 2.91. The highest BCUT2D eigenvalue weighted by Crippen LogP contribution is 2.24. The number of aryl methyl sites for hydroxylation is 1. The van der Waals surface area contributed by atoms with Crippen LogP contribution >= 0.6 is 0 Å². The normalized spacial score (nSPS) is 14.1. The lowest BCUT2D eigenvalue weighted by molar-refractivity contribution is 0.0994. The van der Waals surface area contributed by atoms with Crippen molar-refractivity contribution in [3.8, 4) is 12.3 Å². The minimum absolute atomic E-state index is 0.193.